The van der Waals surface area contributed by atoms with Gasteiger partial charge in [-0.05, 0) is 0 Å². The average molecular weight is 405 g/mol. The van der Waals surface area contributed by atoms with Crippen molar-refractivity contribution in [1.82, 2.24) is 0 Å². The molecule has 5 heteroatoms. The fraction of sp³-hybridized carbons (Fsp3) is 0.300. The van der Waals surface area contributed by atoms with E-state index in [1.54, 1.807) is 18.2 Å². The zero-order chi connectivity index (χ0) is 11.6. The van der Waals surface area contributed by atoms with E-state index in [2.05, 4.69) is 0 Å². The summed E-state index contributed by atoms with van der Waals surface area (Å²) in [4.78, 5) is 10.8. The molecule has 0 heterocycles. The van der Waals surface area contributed by atoms with Crippen LogP contribution < -0.4 is 9.01 Å². The normalized spacial score (nSPS) is 14.6. The van der Waals surface area contributed by atoms with Crippen molar-refractivity contribution in [3.8, 4) is 5.75 Å². The molecular weight excluding hydrogens is 393 g/mol. The van der Waals surface area contributed by atoms with Gasteiger partial charge in [0.15, 0.2) is 0 Å². The first-order chi connectivity index (χ1) is 6.83. The number of nitrogens with two attached hydrogens (primary N) is 1. The molecule has 1 aromatic rings. The van der Waals surface area contributed by atoms with Gasteiger partial charge in [0, 0.05) is 0 Å². The Labute approximate surface area is 103 Å². The second-order valence-electron chi connectivity index (χ2n) is 3.69. The van der Waals surface area contributed by atoms with Crippen molar-refractivity contribution < 1.29 is 39.7 Å². The van der Waals surface area contributed by atoms with E-state index in [0.29, 0.717) is 0 Å². The number of benzene rings is 1. The Morgan fingerprint density at radius 1 is 1.60 bits per heavy atom. The Morgan fingerprint density at radius 2 is 2.20 bits per heavy atom. The summed E-state index contributed by atoms with van der Waals surface area (Å²) in [5.74, 6) is -0.803. The number of phenols is 1. The van der Waals surface area contributed by atoms with E-state index < -0.39 is 11.5 Å². The first-order valence-electron chi connectivity index (χ1n) is 4.32. The van der Waals surface area contributed by atoms with Crippen LogP contribution in [0.1, 0.15) is 12.5 Å². The number of hydrogen-bond donors (Lipinski definition) is 3. The predicted octanol–water partition coefficient (Wildman–Crippen LogP) is -0.0887. The third kappa shape index (κ3) is 3.15. The van der Waals surface area contributed by atoms with Crippen molar-refractivity contribution in [2.24, 2.45) is 5.73 Å². The van der Waals surface area contributed by atoms with Gasteiger partial charge >= 0.3 is 103 Å². The number of carboxylic acid groups (broad SMARTS) is 1. The number of aromatic hydroxyl groups is 1. The van der Waals surface area contributed by atoms with E-state index in [4.69, 9.17) is 10.8 Å². The van der Waals surface area contributed by atoms with Gasteiger partial charge in [0.1, 0.15) is 0 Å². The van der Waals surface area contributed by atoms with Gasteiger partial charge in [-0.1, -0.05) is 0 Å². The molecule has 0 fully saturated rings. The van der Waals surface area contributed by atoms with Crippen LogP contribution in [0.3, 0.4) is 0 Å². The van der Waals surface area contributed by atoms with Gasteiger partial charge in [-0.3, -0.25) is 0 Å². The van der Waals surface area contributed by atoms with Crippen molar-refractivity contribution in [2.45, 2.75) is 18.9 Å². The van der Waals surface area contributed by atoms with Crippen LogP contribution in [0.25, 0.3) is 0 Å². The Hall–Kier alpha value is -0.667. The van der Waals surface area contributed by atoms with Gasteiger partial charge in [-0.25, -0.2) is 0 Å². The third-order valence-electron chi connectivity index (χ3n) is 2.07. The van der Waals surface area contributed by atoms with Crippen molar-refractivity contribution in [3.63, 3.8) is 0 Å². The Balaban J connectivity index is 2.91. The van der Waals surface area contributed by atoms with E-state index in [9.17, 15) is 9.90 Å². The summed E-state index contributed by atoms with van der Waals surface area (Å²) < 4.78 is 0.772. The van der Waals surface area contributed by atoms with Crippen LogP contribution in [0.5, 0.6) is 5.75 Å². The van der Waals surface area contributed by atoms with Gasteiger partial charge in [0.2, 0.25) is 0 Å². The molecule has 15 heavy (non-hydrogen) atoms. The molecule has 0 amide bonds. The van der Waals surface area contributed by atoms with Crippen molar-refractivity contribution in [3.05, 3.63) is 23.8 Å². The van der Waals surface area contributed by atoms with Gasteiger partial charge < -0.3 is 0 Å². The minimum atomic E-state index is -1.27. The Morgan fingerprint density at radius 3 is 2.67 bits per heavy atom. The first kappa shape index (κ1) is 12.4. The van der Waals surface area contributed by atoms with E-state index in [1.807, 2.05) is 0 Å². The van der Waals surface area contributed by atoms with Crippen molar-refractivity contribution in [2.75, 3.05) is 0 Å². The van der Waals surface area contributed by atoms with Gasteiger partial charge in [-0.2, -0.15) is 0 Å². The molecule has 0 aliphatic rings. The number of phenolic OH excluding ortho intramolecular Hbond substituents is 1. The fourth-order valence-corrected chi connectivity index (χ4v) is 1.95. The average Bonchev–Trinajstić information content (AvgIpc) is 2.10. The maximum absolute atomic E-state index is 10.8. The van der Waals surface area contributed by atoms with Gasteiger partial charge in [0.25, 0.3) is 0 Å². The van der Waals surface area contributed by atoms with Crippen LogP contribution in [0.15, 0.2) is 18.2 Å². The molecule has 0 aromatic heterocycles. The zero-order valence-corrected chi connectivity index (χ0v) is 11.1. The van der Waals surface area contributed by atoms with Gasteiger partial charge in [-0.15, -0.1) is 0 Å². The van der Waals surface area contributed by atoms with E-state index in [1.165, 1.54) is 31.6 Å². The third-order valence-corrected chi connectivity index (χ3v) is 3.25. The molecule has 0 saturated carbocycles. The standard InChI is InChI=1S/C10H12AtNO3/c1-10(12,9(14)15)5-6-2-3-8(13)7(11)4-6/h2-4,13H,5,12H2,1H3,(H,14,15)/t10-/m0/s1/i11+1. The van der Waals surface area contributed by atoms with E-state index >= 15 is 0 Å². The molecule has 4 N–H and O–H groups in total. The Kier molecular flexibility index (Phi) is 3.68. The zero-order valence-electron chi connectivity index (χ0n) is 8.20. The Bertz CT molecular complexity index is 390. The summed E-state index contributed by atoms with van der Waals surface area (Å²) in [5, 5.41) is 18.2. The van der Waals surface area contributed by atoms with Crippen LogP contribution in [0.4, 0.5) is 0 Å². The summed E-state index contributed by atoms with van der Waals surface area (Å²) >= 11 is 1.34. The first-order valence-corrected chi connectivity index (χ1v) is 5.79. The second kappa shape index (κ2) is 4.46. The van der Waals surface area contributed by atoms with Crippen molar-refractivity contribution in [1.29, 1.82) is 0 Å². The molecular formula is C10H12AtNO3. The van der Waals surface area contributed by atoms with E-state index in [0.717, 1.165) is 8.83 Å². The molecule has 1 aromatic carbocycles. The topological polar surface area (TPSA) is 83.5 Å². The SMILES string of the molecule is C[C@](N)(Cc1ccc(O)c([211At])c1)C(=O)O. The number of carboxylic acids is 1. The molecule has 0 unspecified atom stereocenters. The summed E-state index contributed by atoms with van der Waals surface area (Å²) in [7, 11) is 0. The summed E-state index contributed by atoms with van der Waals surface area (Å²) in [5.41, 5.74) is 5.17. The quantitative estimate of drug-likeness (QED) is 0.657. The van der Waals surface area contributed by atoms with Crippen LogP contribution >= 0.6 is 0 Å². The maximum atomic E-state index is 10.8. The van der Waals surface area contributed by atoms with Crippen LogP contribution in [-0.4, -0.2) is 21.7 Å². The summed E-state index contributed by atoms with van der Waals surface area (Å²) in [6.07, 6.45) is 0.248. The summed E-state index contributed by atoms with van der Waals surface area (Å²) in [6, 6.07) is 5.01. The molecule has 4 nitrogen and oxygen atoms in total. The molecule has 0 spiro atoms. The number of carbonyl (C=O) groups is 1. The molecule has 0 aliphatic carbocycles. The summed E-state index contributed by atoms with van der Waals surface area (Å²) in [6.45, 7) is 1.47. The van der Waals surface area contributed by atoms with Crippen LogP contribution in [-0.2, 0) is 11.2 Å². The molecule has 1 rings (SSSR count). The monoisotopic (exact) mass is 405 g/mol. The number of aliphatic carboxylic acids is 1. The molecule has 82 valence electrons. The predicted molar refractivity (Wildman–Crippen MR) is 51.7 cm³/mol. The second-order valence-corrected chi connectivity index (χ2v) is 5.27. The number of hydrogen-bond acceptors (Lipinski definition) is 3. The van der Waals surface area contributed by atoms with E-state index in [-0.39, 0.29) is 12.2 Å². The molecule has 1 atom stereocenters. The molecule has 0 aliphatic heterocycles. The number of rotatable bonds is 3. The minimum absolute atomic E-state index is 0.226. The fourth-order valence-electron chi connectivity index (χ4n) is 1.16. The molecule has 0 radical (unpaired) electrons. The van der Waals surface area contributed by atoms with Crippen LogP contribution in [0.2, 0.25) is 0 Å². The van der Waals surface area contributed by atoms with Crippen LogP contribution in [0, 0.1) is 24.7 Å². The molecule has 0 saturated heterocycles. The van der Waals surface area contributed by atoms with Crippen molar-refractivity contribution >= 4 is 9.24 Å². The molecule has 0 bridgehead atoms. The van der Waals surface area contributed by atoms with Gasteiger partial charge in [0.05, 0.1) is 0 Å².